The number of amides is 1. The van der Waals surface area contributed by atoms with Crippen molar-refractivity contribution in [2.45, 2.75) is 4.90 Å². The van der Waals surface area contributed by atoms with Crippen LogP contribution in [-0.4, -0.2) is 38.9 Å². The Hall–Kier alpha value is -2.42. The Kier molecular flexibility index (Phi) is 3.45. The molecule has 0 spiro atoms. The average molecular weight is 296 g/mol. The lowest BCUT2D eigenvalue weighted by molar-refractivity contribution is 0.100. The van der Waals surface area contributed by atoms with E-state index in [2.05, 4.69) is 15.0 Å². The largest absolute Gasteiger partial charge is 0.399 e. The van der Waals surface area contributed by atoms with Gasteiger partial charge in [0.15, 0.2) is 15.8 Å². The molecule has 1 aromatic carbocycles. The van der Waals surface area contributed by atoms with Crippen LogP contribution in [0.2, 0.25) is 0 Å². The van der Waals surface area contributed by atoms with Crippen molar-refractivity contribution >= 4 is 27.4 Å². The number of sulfone groups is 1. The molecule has 1 amide bonds. The topological polar surface area (TPSA) is 137 Å². The van der Waals surface area contributed by atoms with Gasteiger partial charge in [0.1, 0.15) is 18.6 Å². The molecule has 0 unspecified atom stereocenters. The highest BCUT2D eigenvalue weighted by atomic mass is 32.2. The lowest BCUT2D eigenvalue weighted by atomic mass is 10.1. The summed E-state index contributed by atoms with van der Waals surface area (Å²) in [7, 11) is -2.21. The number of oxime groups is 1. The quantitative estimate of drug-likeness (QED) is 0.418. The summed E-state index contributed by atoms with van der Waals surface area (Å²) in [4.78, 5) is 19.7. The van der Waals surface area contributed by atoms with Gasteiger partial charge in [-0.15, -0.1) is 0 Å². The third-order valence-electron chi connectivity index (χ3n) is 2.63. The molecular formula is C11H12N4O4S. The molecule has 0 bridgehead atoms. The van der Waals surface area contributed by atoms with Gasteiger partial charge in [0.2, 0.25) is 0 Å². The maximum Gasteiger partial charge on any atom is 0.280 e. The van der Waals surface area contributed by atoms with Crippen molar-refractivity contribution in [1.82, 2.24) is 0 Å². The normalized spacial score (nSPS) is 17.6. The van der Waals surface area contributed by atoms with E-state index in [1.54, 1.807) is 0 Å². The number of fused-ring (bicyclic) bond motifs is 1. The molecule has 0 saturated carbocycles. The van der Waals surface area contributed by atoms with Crippen molar-refractivity contribution < 1.29 is 18.0 Å². The van der Waals surface area contributed by atoms with E-state index in [1.807, 2.05) is 0 Å². The Morgan fingerprint density at radius 2 is 2.05 bits per heavy atom. The van der Waals surface area contributed by atoms with Crippen molar-refractivity contribution in [1.29, 1.82) is 0 Å². The minimum atomic E-state index is -3.54. The van der Waals surface area contributed by atoms with E-state index < -0.39 is 15.7 Å². The molecule has 8 nitrogen and oxygen atoms in total. The number of hydrogen-bond acceptors (Lipinski definition) is 5. The zero-order valence-electron chi connectivity index (χ0n) is 10.5. The molecule has 0 aromatic heterocycles. The van der Waals surface area contributed by atoms with E-state index in [0.717, 1.165) is 0 Å². The first kappa shape index (κ1) is 14.0. The van der Waals surface area contributed by atoms with Gasteiger partial charge in [-0.2, -0.15) is 4.99 Å². The fourth-order valence-corrected chi connectivity index (χ4v) is 3.41. The molecule has 2 rings (SSSR count). The zero-order valence-corrected chi connectivity index (χ0v) is 11.3. The molecule has 106 valence electrons. The first-order valence-corrected chi connectivity index (χ1v) is 7.11. The minimum absolute atomic E-state index is 0.0185. The number of nitrogens with two attached hydrogens (primary N) is 2. The summed E-state index contributed by atoms with van der Waals surface area (Å²) < 4.78 is 24.0. The minimum Gasteiger partial charge on any atom is -0.399 e. The van der Waals surface area contributed by atoms with Crippen LogP contribution in [0.25, 0.3) is 0 Å². The van der Waals surface area contributed by atoms with Gasteiger partial charge in [0, 0.05) is 11.1 Å². The number of rotatable bonds is 2. The number of nitrogens with zero attached hydrogens (tertiary/aromatic N) is 2. The predicted molar refractivity (Wildman–Crippen MR) is 72.2 cm³/mol. The summed E-state index contributed by atoms with van der Waals surface area (Å²) in [5.41, 5.74) is 11.0. The van der Waals surface area contributed by atoms with E-state index in [-0.39, 0.29) is 22.2 Å². The highest BCUT2D eigenvalue weighted by molar-refractivity contribution is 7.92. The summed E-state index contributed by atoms with van der Waals surface area (Å²) in [6.07, 6.45) is 0. The van der Waals surface area contributed by atoms with Crippen LogP contribution < -0.4 is 11.5 Å². The van der Waals surface area contributed by atoms with Gasteiger partial charge in [-0.3, -0.25) is 4.79 Å². The molecule has 1 heterocycles. The molecule has 4 N–H and O–H groups in total. The zero-order chi connectivity index (χ0) is 14.9. The second-order valence-electron chi connectivity index (χ2n) is 4.03. The van der Waals surface area contributed by atoms with Gasteiger partial charge in [-0.1, -0.05) is 11.2 Å². The average Bonchev–Trinajstić information content (AvgIpc) is 2.60. The number of benzene rings is 1. The molecule has 1 aliphatic heterocycles. The predicted octanol–water partition coefficient (Wildman–Crippen LogP) is -0.762. The highest BCUT2D eigenvalue weighted by Gasteiger charge is 2.33. The maximum absolute atomic E-state index is 12.0. The number of carbonyl (C=O) groups excluding carboxylic acids is 1. The first-order chi connectivity index (χ1) is 9.35. The summed E-state index contributed by atoms with van der Waals surface area (Å²) in [6, 6.07) is 4.14. The molecule has 0 aliphatic carbocycles. The van der Waals surface area contributed by atoms with Gasteiger partial charge in [-0.05, 0) is 12.1 Å². The van der Waals surface area contributed by atoms with E-state index in [1.165, 1.54) is 25.3 Å². The number of aliphatic imine (C=N–C) groups is 1. The molecule has 0 radical (unpaired) electrons. The fraction of sp³-hybridized carbons (Fsp3) is 0.182. The number of hydrogen-bond donors (Lipinski definition) is 2. The molecule has 20 heavy (non-hydrogen) atoms. The Bertz CT molecular complexity index is 733. The van der Waals surface area contributed by atoms with E-state index in [4.69, 9.17) is 11.5 Å². The second-order valence-corrected chi connectivity index (χ2v) is 5.99. The highest BCUT2D eigenvalue weighted by Crippen LogP contribution is 2.27. The second kappa shape index (κ2) is 4.93. The molecule has 9 heteroatoms. The van der Waals surface area contributed by atoms with Crippen molar-refractivity contribution in [3.63, 3.8) is 0 Å². The Morgan fingerprint density at radius 1 is 1.35 bits per heavy atom. The number of guanidine groups is 1. The SMILES string of the molecule is CON=C1CS(=O)(=O)c2cc(C(=O)N=C(N)N)ccc21. The van der Waals surface area contributed by atoms with Gasteiger partial charge in [0.25, 0.3) is 5.91 Å². The van der Waals surface area contributed by atoms with E-state index in [0.29, 0.717) is 11.3 Å². The van der Waals surface area contributed by atoms with Crippen LogP contribution in [0, 0.1) is 0 Å². The molecule has 1 aliphatic rings. The molecule has 0 saturated heterocycles. The first-order valence-electron chi connectivity index (χ1n) is 5.46. The fourth-order valence-electron chi connectivity index (χ4n) is 1.85. The smallest absolute Gasteiger partial charge is 0.280 e. The third kappa shape index (κ3) is 2.48. The van der Waals surface area contributed by atoms with Crippen molar-refractivity contribution in [2.24, 2.45) is 21.6 Å². The Labute approximate surface area is 115 Å². The van der Waals surface area contributed by atoms with Crippen LogP contribution in [0.3, 0.4) is 0 Å². The van der Waals surface area contributed by atoms with E-state index in [9.17, 15) is 13.2 Å². The summed E-state index contributed by atoms with van der Waals surface area (Å²) in [6.45, 7) is 0. The summed E-state index contributed by atoms with van der Waals surface area (Å²) in [5, 5.41) is 3.67. The van der Waals surface area contributed by atoms with Crippen LogP contribution in [-0.2, 0) is 14.7 Å². The van der Waals surface area contributed by atoms with Gasteiger partial charge in [-0.25, -0.2) is 8.42 Å². The van der Waals surface area contributed by atoms with Gasteiger partial charge in [0.05, 0.1) is 4.90 Å². The third-order valence-corrected chi connectivity index (χ3v) is 4.29. The lowest BCUT2D eigenvalue weighted by Crippen LogP contribution is -2.24. The van der Waals surface area contributed by atoms with Crippen LogP contribution in [0.15, 0.2) is 33.2 Å². The van der Waals surface area contributed by atoms with Gasteiger partial charge >= 0.3 is 0 Å². The van der Waals surface area contributed by atoms with Crippen molar-refractivity contribution in [3.8, 4) is 0 Å². The Morgan fingerprint density at radius 3 is 2.65 bits per heavy atom. The van der Waals surface area contributed by atoms with Crippen LogP contribution >= 0.6 is 0 Å². The monoisotopic (exact) mass is 296 g/mol. The molecule has 0 atom stereocenters. The maximum atomic E-state index is 12.0. The lowest BCUT2D eigenvalue weighted by Gasteiger charge is -2.01. The van der Waals surface area contributed by atoms with Crippen molar-refractivity contribution in [3.05, 3.63) is 29.3 Å². The molecular weight excluding hydrogens is 284 g/mol. The van der Waals surface area contributed by atoms with Crippen LogP contribution in [0.4, 0.5) is 0 Å². The van der Waals surface area contributed by atoms with Crippen LogP contribution in [0.5, 0.6) is 0 Å². The van der Waals surface area contributed by atoms with E-state index >= 15 is 0 Å². The van der Waals surface area contributed by atoms with Crippen molar-refractivity contribution in [2.75, 3.05) is 12.9 Å². The molecule has 1 aromatic rings. The standard InChI is InChI=1S/C11H12N4O4S/c1-19-15-8-5-20(17,18)9-4-6(2-3-7(8)9)10(16)14-11(12)13/h2-4H,5H2,1H3,(H4,12,13,14,16). The number of carbonyl (C=O) groups is 1. The molecule has 0 fully saturated rings. The van der Waals surface area contributed by atoms with Gasteiger partial charge < -0.3 is 16.3 Å². The Balaban J connectivity index is 2.55. The van der Waals surface area contributed by atoms with Crippen LogP contribution in [0.1, 0.15) is 15.9 Å². The summed E-state index contributed by atoms with van der Waals surface area (Å²) >= 11 is 0. The summed E-state index contributed by atoms with van der Waals surface area (Å²) in [5.74, 6) is -1.36.